The van der Waals surface area contributed by atoms with E-state index in [9.17, 15) is 4.79 Å². The van der Waals surface area contributed by atoms with Crippen LogP contribution in [0.4, 0.5) is 5.69 Å². The lowest BCUT2D eigenvalue weighted by molar-refractivity contribution is 0.0759. The molecule has 138 valence electrons. The molecular formula is C20H19N3O4. The van der Waals surface area contributed by atoms with Crippen LogP contribution in [-0.4, -0.2) is 35.5 Å². The number of ether oxygens (including phenoxy) is 3. The van der Waals surface area contributed by atoms with Crippen molar-refractivity contribution in [1.82, 2.24) is 9.78 Å². The fourth-order valence-electron chi connectivity index (χ4n) is 2.84. The number of hydrogen-bond donors (Lipinski definition) is 1. The van der Waals surface area contributed by atoms with Crippen molar-refractivity contribution in [2.75, 3.05) is 19.0 Å². The number of carbonyl (C=O) groups excluding carboxylic acids is 1. The smallest absolute Gasteiger partial charge is 0.255 e. The Labute approximate surface area is 156 Å². The van der Waals surface area contributed by atoms with Gasteiger partial charge in [-0.1, -0.05) is 12.1 Å². The van der Waals surface area contributed by atoms with Gasteiger partial charge in [0.2, 0.25) is 0 Å². The first-order valence-corrected chi connectivity index (χ1v) is 8.57. The van der Waals surface area contributed by atoms with Crippen LogP contribution in [0.1, 0.15) is 10.4 Å². The second-order valence-corrected chi connectivity index (χ2v) is 6.13. The Balaban J connectivity index is 1.36. The lowest BCUT2D eigenvalue weighted by Crippen LogP contribution is -2.33. The highest BCUT2D eigenvalue weighted by atomic mass is 16.6. The van der Waals surface area contributed by atoms with Crippen LogP contribution in [0.2, 0.25) is 0 Å². The molecule has 0 fully saturated rings. The van der Waals surface area contributed by atoms with Crippen LogP contribution >= 0.6 is 0 Å². The van der Waals surface area contributed by atoms with Crippen molar-refractivity contribution in [2.45, 2.75) is 12.6 Å². The largest absolute Gasteiger partial charge is 0.497 e. The molecule has 0 aliphatic carbocycles. The highest BCUT2D eigenvalue weighted by Crippen LogP contribution is 2.31. The van der Waals surface area contributed by atoms with Crippen LogP contribution in [0.25, 0.3) is 0 Å². The van der Waals surface area contributed by atoms with E-state index in [1.165, 1.54) is 0 Å². The lowest BCUT2D eigenvalue weighted by Gasteiger charge is -2.26. The van der Waals surface area contributed by atoms with Gasteiger partial charge in [0.05, 0.1) is 25.5 Å². The zero-order valence-electron chi connectivity index (χ0n) is 14.8. The van der Waals surface area contributed by atoms with Crippen LogP contribution in [0.15, 0.2) is 60.9 Å². The Kier molecular flexibility index (Phi) is 4.65. The summed E-state index contributed by atoms with van der Waals surface area (Å²) in [6.45, 7) is 0.969. The summed E-state index contributed by atoms with van der Waals surface area (Å²) in [6, 6.07) is 14.5. The standard InChI is InChI=1S/C20H19N3O4/c1-25-16-8-6-14(7-9-16)20(24)22-15-10-21-23(11-15)12-17-13-26-18-4-2-3-5-19(18)27-17/h2-11,17H,12-13H2,1H3,(H,22,24). The number of aromatic nitrogens is 2. The molecule has 0 saturated carbocycles. The fourth-order valence-corrected chi connectivity index (χ4v) is 2.84. The second-order valence-electron chi connectivity index (χ2n) is 6.13. The first-order valence-electron chi connectivity index (χ1n) is 8.57. The molecule has 1 N–H and O–H groups in total. The molecule has 0 spiro atoms. The number of methoxy groups -OCH3 is 1. The molecule has 1 unspecified atom stereocenters. The Morgan fingerprint density at radius 2 is 2.00 bits per heavy atom. The summed E-state index contributed by atoms with van der Waals surface area (Å²) in [6.07, 6.45) is 3.23. The average Bonchev–Trinajstić information content (AvgIpc) is 3.14. The van der Waals surface area contributed by atoms with Crippen molar-refractivity contribution >= 4 is 11.6 Å². The van der Waals surface area contributed by atoms with Crippen molar-refractivity contribution in [2.24, 2.45) is 0 Å². The van der Waals surface area contributed by atoms with Crippen molar-refractivity contribution in [1.29, 1.82) is 0 Å². The van der Waals surface area contributed by atoms with Crippen LogP contribution in [0.5, 0.6) is 17.2 Å². The van der Waals surface area contributed by atoms with Crippen molar-refractivity contribution in [3.8, 4) is 17.2 Å². The van der Waals surface area contributed by atoms with Gasteiger partial charge in [-0.3, -0.25) is 9.48 Å². The highest BCUT2D eigenvalue weighted by molar-refractivity contribution is 6.04. The van der Waals surface area contributed by atoms with Crippen LogP contribution < -0.4 is 19.5 Å². The number of amides is 1. The van der Waals surface area contributed by atoms with E-state index in [1.807, 2.05) is 24.3 Å². The Hall–Kier alpha value is -3.48. The number of hydrogen-bond acceptors (Lipinski definition) is 5. The number of benzene rings is 2. The molecule has 4 rings (SSSR count). The Morgan fingerprint density at radius 3 is 2.78 bits per heavy atom. The maximum absolute atomic E-state index is 12.3. The van der Waals surface area contributed by atoms with E-state index in [4.69, 9.17) is 14.2 Å². The molecule has 7 nitrogen and oxygen atoms in total. The number of nitrogens with zero attached hydrogens (tertiary/aromatic N) is 2. The number of para-hydroxylation sites is 2. The molecule has 1 aliphatic rings. The predicted molar refractivity (Wildman–Crippen MR) is 99.5 cm³/mol. The molecule has 0 radical (unpaired) electrons. The van der Waals surface area contributed by atoms with Gasteiger partial charge in [0.1, 0.15) is 12.4 Å². The normalized spacial score (nSPS) is 15.2. The number of carbonyl (C=O) groups is 1. The van der Waals surface area contributed by atoms with E-state index in [0.717, 1.165) is 11.5 Å². The van der Waals surface area contributed by atoms with Gasteiger partial charge in [0.15, 0.2) is 17.6 Å². The molecule has 2 aromatic carbocycles. The summed E-state index contributed by atoms with van der Waals surface area (Å²) in [4.78, 5) is 12.3. The van der Waals surface area contributed by atoms with Crippen molar-refractivity contribution < 1.29 is 19.0 Å². The molecular weight excluding hydrogens is 346 g/mol. The van der Waals surface area contributed by atoms with Crippen LogP contribution in [-0.2, 0) is 6.54 Å². The van der Waals surface area contributed by atoms with Gasteiger partial charge in [-0.2, -0.15) is 5.10 Å². The van der Waals surface area contributed by atoms with E-state index < -0.39 is 0 Å². The third-order valence-corrected chi connectivity index (χ3v) is 4.20. The SMILES string of the molecule is COc1ccc(C(=O)Nc2cnn(CC3COc4ccccc4O3)c2)cc1. The van der Waals surface area contributed by atoms with Gasteiger partial charge in [-0.15, -0.1) is 0 Å². The molecule has 2 heterocycles. The first kappa shape index (κ1) is 17.0. The van der Waals surface area contributed by atoms with Gasteiger partial charge >= 0.3 is 0 Å². The van der Waals surface area contributed by atoms with Gasteiger partial charge in [0.25, 0.3) is 5.91 Å². The topological polar surface area (TPSA) is 74.6 Å². The Morgan fingerprint density at radius 1 is 1.22 bits per heavy atom. The maximum atomic E-state index is 12.3. The molecule has 1 aromatic heterocycles. The summed E-state index contributed by atoms with van der Waals surface area (Å²) >= 11 is 0. The molecule has 1 aliphatic heterocycles. The van der Waals surface area contributed by atoms with E-state index in [0.29, 0.717) is 30.2 Å². The predicted octanol–water partition coefficient (Wildman–Crippen LogP) is 2.98. The minimum absolute atomic E-state index is 0.148. The number of fused-ring (bicyclic) bond motifs is 1. The molecule has 1 atom stereocenters. The number of nitrogens with one attached hydrogen (secondary N) is 1. The fraction of sp³-hybridized carbons (Fsp3) is 0.200. The summed E-state index contributed by atoms with van der Waals surface area (Å²) in [5.74, 6) is 1.98. The quantitative estimate of drug-likeness (QED) is 0.752. The molecule has 3 aromatic rings. The lowest BCUT2D eigenvalue weighted by atomic mass is 10.2. The number of rotatable bonds is 5. The van der Waals surface area contributed by atoms with Crippen LogP contribution in [0, 0.1) is 0 Å². The minimum Gasteiger partial charge on any atom is -0.497 e. The van der Waals surface area contributed by atoms with Gasteiger partial charge in [-0.05, 0) is 36.4 Å². The monoisotopic (exact) mass is 365 g/mol. The number of anilines is 1. The van der Waals surface area contributed by atoms with E-state index in [1.54, 1.807) is 48.5 Å². The average molecular weight is 365 g/mol. The maximum Gasteiger partial charge on any atom is 0.255 e. The molecule has 1 amide bonds. The first-order chi connectivity index (χ1) is 13.2. The summed E-state index contributed by atoms with van der Waals surface area (Å²) in [5.41, 5.74) is 1.16. The van der Waals surface area contributed by atoms with Gasteiger partial charge in [-0.25, -0.2) is 0 Å². The van der Waals surface area contributed by atoms with Gasteiger partial charge in [0, 0.05) is 11.8 Å². The van der Waals surface area contributed by atoms with E-state index >= 15 is 0 Å². The highest BCUT2D eigenvalue weighted by Gasteiger charge is 2.21. The minimum atomic E-state index is -0.205. The third-order valence-electron chi connectivity index (χ3n) is 4.20. The van der Waals surface area contributed by atoms with E-state index in [2.05, 4.69) is 10.4 Å². The summed E-state index contributed by atoms with van der Waals surface area (Å²) in [5, 5.41) is 7.12. The third kappa shape index (κ3) is 3.87. The van der Waals surface area contributed by atoms with Crippen LogP contribution in [0.3, 0.4) is 0 Å². The molecule has 0 bridgehead atoms. The second kappa shape index (κ2) is 7.41. The molecule has 27 heavy (non-hydrogen) atoms. The zero-order chi connectivity index (χ0) is 18.6. The zero-order valence-corrected chi connectivity index (χ0v) is 14.8. The molecule has 0 saturated heterocycles. The van der Waals surface area contributed by atoms with Crippen molar-refractivity contribution in [3.63, 3.8) is 0 Å². The van der Waals surface area contributed by atoms with Crippen molar-refractivity contribution in [3.05, 3.63) is 66.5 Å². The molecule has 7 heteroatoms. The summed E-state index contributed by atoms with van der Waals surface area (Å²) < 4.78 is 18.5. The van der Waals surface area contributed by atoms with Gasteiger partial charge < -0.3 is 19.5 Å². The Bertz CT molecular complexity index is 936. The summed E-state index contributed by atoms with van der Waals surface area (Å²) in [7, 11) is 1.59. The van der Waals surface area contributed by atoms with E-state index in [-0.39, 0.29) is 12.0 Å².